The Bertz CT molecular complexity index is 384. The van der Waals surface area contributed by atoms with E-state index in [1.54, 1.807) is 0 Å². The zero-order chi connectivity index (χ0) is 12.1. The van der Waals surface area contributed by atoms with Gasteiger partial charge in [-0.25, -0.2) is 0 Å². The van der Waals surface area contributed by atoms with Gasteiger partial charge in [-0.2, -0.15) is 0 Å². The highest BCUT2D eigenvalue weighted by Crippen LogP contribution is 2.17. The first-order valence-electron chi connectivity index (χ1n) is 6.31. The van der Waals surface area contributed by atoms with E-state index < -0.39 is 0 Å². The van der Waals surface area contributed by atoms with Crippen LogP contribution in [0.4, 0.5) is 0 Å². The van der Waals surface area contributed by atoms with Crippen LogP contribution in [0.25, 0.3) is 0 Å². The molecular weight excluding hydrogens is 232 g/mol. The zero-order valence-corrected chi connectivity index (χ0v) is 11.0. The van der Waals surface area contributed by atoms with E-state index >= 15 is 0 Å². The molecule has 3 heteroatoms. The highest BCUT2D eigenvalue weighted by atomic mass is 35.5. The number of benzene rings is 1. The minimum Gasteiger partial charge on any atom is -0.367 e. The van der Waals surface area contributed by atoms with Gasteiger partial charge < -0.3 is 5.32 Å². The lowest BCUT2D eigenvalue weighted by atomic mass is 10.1. The van der Waals surface area contributed by atoms with E-state index in [4.69, 9.17) is 11.6 Å². The lowest BCUT2D eigenvalue weighted by molar-refractivity contribution is 0.693. The van der Waals surface area contributed by atoms with Gasteiger partial charge >= 0.3 is 0 Å². The number of amidine groups is 1. The van der Waals surface area contributed by atoms with Crippen molar-refractivity contribution in [2.24, 2.45) is 4.99 Å². The summed E-state index contributed by atoms with van der Waals surface area (Å²) in [5.74, 6) is 1.16. The van der Waals surface area contributed by atoms with Crippen molar-refractivity contribution < 1.29 is 0 Å². The van der Waals surface area contributed by atoms with Crippen molar-refractivity contribution in [1.82, 2.24) is 5.32 Å². The smallest absolute Gasteiger partial charge is 0.0967 e. The van der Waals surface area contributed by atoms with Gasteiger partial charge in [0.1, 0.15) is 0 Å². The summed E-state index contributed by atoms with van der Waals surface area (Å²) in [6.45, 7) is 3.13. The molecule has 0 saturated carbocycles. The van der Waals surface area contributed by atoms with E-state index in [2.05, 4.69) is 29.4 Å². The molecule has 0 bridgehead atoms. The molecule has 0 fully saturated rings. The topological polar surface area (TPSA) is 24.4 Å². The van der Waals surface area contributed by atoms with Crippen LogP contribution in [0.1, 0.15) is 44.2 Å². The third-order valence-corrected chi connectivity index (χ3v) is 3.38. The molecule has 1 atom stereocenters. The summed E-state index contributed by atoms with van der Waals surface area (Å²) in [6.07, 6.45) is 4.85. The van der Waals surface area contributed by atoms with Crippen molar-refractivity contribution in [2.45, 2.75) is 38.6 Å². The Morgan fingerprint density at radius 1 is 1.18 bits per heavy atom. The summed E-state index contributed by atoms with van der Waals surface area (Å²) < 4.78 is 0. The van der Waals surface area contributed by atoms with E-state index in [1.165, 1.54) is 24.8 Å². The molecule has 0 aliphatic carbocycles. The lowest BCUT2D eigenvalue weighted by Gasteiger charge is -2.17. The van der Waals surface area contributed by atoms with E-state index in [9.17, 15) is 0 Å². The molecule has 0 radical (unpaired) electrons. The van der Waals surface area contributed by atoms with Crippen LogP contribution in [0.3, 0.4) is 0 Å². The zero-order valence-electron chi connectivity index (χ0n) is 10.2. The predicted molar refractivity (Wildman–Crippen MR) is 73.8 cm³/mol. The Kier molecular flexibility index (Phi) is 4.43. The number of halogens is 1. The van der Waals surface area contributed by atoms with Crippen LogP contribution in [-0.2, 0) is 0 Å². The Morgan fingerprint density at radius 2 is 1.94 bits per heavy atom. The molecule has 0 unspecified atom stereocenters. The van der Waals surface area contributed by atoms with Gasteiger partial charge in [0.25, 0.3) is 0 Å². The van der Waals surface area contributed by atoms with Crippen molar-refractivity contribution in [3.63, 3.8) is 0 Å². The predicted octanol–water partition coefficient (Wildman–Crippen LogP) is 3.96. The highest BCUT2D eigenvalue weighted by Gasteiger charge is 2.09. The number of nitrogens with one attached hydrogen (secondary N) is 1. The Morgan fingerprint density at radius 3 is 2.71 bits per heavy atom. The summed E-state index contributed by atoms with van der Waals surface area (Å²) in [6, 6.07) is 8.30. The average Bonchev–Trinajstić information content (AvgIpc) is 2.58. The van der Waals surface area contributed by atoms with E-state index in [0.717, 1.165) is 23.8 Å². The van der Waals surface area contributed by atoms with Gasteiger partial charge in [-0.05, 0) is 37.5 Å². The molecule has 2 nitrogen and oxygen atoms in total. The number of rotatable bonds is 2. The van der Waals surface area contributed by atoms with Crippen LogP contribution in [-0.4, -0.2) is 12.4 Å². The maximum atomic E-state index is 5.89. The molecule has 2 rings (SSSR count). The minimum atomic E-state index is 0.295. The normalized spacial score (nSPS) is 18.1. The Labute approximate surface area is 108 Å². The first-order chi connectivity index (χ1) is 8.25. The molecule has 92 valence electrons. The van der Waals surface area contributed by atoms with Gasteiger partial charge in [0.15, 0.2) is 0 Å². The lowest BCUT2D eigenvalue weighted by Crippen LogP contribution is -2.26. The van der Waals surface area contributed by atoms with Crippen molar-refractivity contribution in [3.8, 4) is 0 Å². The standard InChI is InChI=1S/C14H19ClN2/c1-11(12-6-8-13(15)9-7-12)17-14-5-3-2-4-10-16-14/h6-9,11H,2-5,10H2,1H3,(H,16,17)/t11-/m0/s1. The minimum absolute atomic E-state index is 0.295. The van der Waals surface area contributed by atoms with Gasteiger partial charge in [0.05, 0.1) is 5.84 Å². The van der Waals surface area contributed by atoms with Gasteiger partial charge in [0.2, 0.25) is 0 Å². The molecule has 1 N–H and O–H groups in total. The first kappa shape index (κ1) is 12.4. The quantitative estimate of drug-likeness (QED) is 0.844. The molecule has 0 spiro atoms. The molecule has 1 aliphatic heterocycles. The maximum absolute atomic E-state index is 5.89. The van der Waals surface area contributed by atoms with E-state index in [0.29, 0.717) is 6.04 Å². The molecule has 1 aromatic rings. The fourth-order valence-electron chi connectivity index (χ4n) is 2.08. The van der Waals surface area contributed by atoms with Crippen LogP contribution >= 0.6 is 11.6 Å². The average molecular weight is 251 g/mol. The van der Waals surface area contributed by atoms with Crippen LogP contribution in [0.15, 0.2) is 29.3 Å². The third-order valence-electron chi connectivity index (χ3n) is 3.13. The summed E-state index contributed by atoms with van der Waals surface area (Å²) in [5, 5.41) is 4.29. The summed E-state index contributed by atoms with van der Waals surface area (Å²) >= 11 is 5.89. The summed E-state index contributed by atoms with van der Waals surface area (Å²) in [4.78, 5) is 4.59. The second kappa shape index (κ2) is 6.06. The van der Waals surface area contributed by atoms with Crippen LogP contribution < -0.4 is 5.32 Å². The van der Waals surface area contributed by atoms with Crippen molar-refractivity contribution in [2.75, 3.05) is 6.54 Å². The molecule has 1 aromatic carbocycles. The highest BCUT2D eigenvalue weighted by molar-refractivity contribution is 6.30. The van der Waals surface area contributed by atoms with E-state index in [1.807, 2.05) is 12.1 Å². The molecule has 1 heterocycles. The molecule has 0 saturated heterocycles. The molecule has 0 aromatic heterocycles. The Hall–Kier alpha value is -1.02. The third kappa shape index (κ3) is 3.74. The first-order valence-corrected chi connectivity index (χ1v) is 6.69. The van der Waals surface area contributed by atoms with Crippen LogP contribution in [0.2, 0.25) is 5.02 Å². The van der Waals surface area contributed by atoms with Crippen molar-refractivity contribution in [3.05, 3.63) is 34.9 Å². The molecule has 17 heavy (non-hydrogen) atoms. The van der Waals surface area contributed by atoms with Gasteiger partial charge in [-0.15, -0.1) is 0 Å². The largest absolute Gasteiger partial charge is 0.367 e. The van der Waals surface area contributed by atoms with Crippen molar-refractivity contribution in [1.29, 1.82) is 0 Å². The maximum Gasteiger partial charge on any atom is 0.0967 e. The second-order valence-electron chi connectivity index (χ2n) is 4.56. The molecular formula is C14H19ClN2. The fraction of sp³-hybridized carbons (Fsp3) is 0.500. The summed E-state index contributed by atoms with van der Waals surface area (Å²) in [5.41, 5.74) is 1.25. The number of hydrogen-bond acceptors (Lipinski definition) is 2. The summed E-state index contributed by atoms with van der Waals surface area (Å²) in [7, 11) is 0. The monoisotopic (exact) mass is 250 g/mol. The number of hydrogen-bond donors (Lipinski definition) is 1. The van der Waals surface area contributed by atoms with E-state index in [-0.39, 0.29) is 0 Å². The number of aliphatic imine (C=N–C) groups is 1. The molecule has 1 aliphatic rings. The second-order valence-corrected chi connectivity index (χ2v) is 4.99. The van der Waals surface area contributed by atoms with Gasteiger partial charge in [-0.1, -0.05) is 30.2 Å². The van der Waals surface area contributed by atoms with Crippen LogP contribution in [0.5, 0.6) is 0 Å². The van der Waals surface area contributed by atoms with Crippen molar-refractivity contribution >= 4 is 17.4 Å². The number of nitrogens with zero attached hydrogens (tertiary/aromatic N) is 1. The van der Waals surface area contributed by atoms with Crippen LogP contribution in [0, 0.1) is 0 Å². The molecule has 0 amide bonds. The van der Waals surface area contributed by atoms with Gasteiger partial charge in [0, 0.05) is 24.0 Å². The fourth-order valence-corrected chi connectivity index (χ4v) is 2.20. The Balaban J connectivity index is 1.98. The SMILES string of the molecule is C[C@H](NC1=NCCCCC1)c1ccc(Cl)cc1. The van der Waals surface area contributed by atoms with Gasteiger partial charge in [-0.3, -0.25) is 4.99 Å².